The molecule has 2 rings (SSSR count). The summed E-state index contributed by atoms with van der Waals surface area (Å²) in [5.41, 5.74) is 2.20. The van der Waals surface area contributed by atoms with E-state index in [1.807, 2.05) is 0 Å². The Bertz CT molecular complexity index is 284. The van der Waals surface area contributed by atoms with Crippen molar-refractivity contribution < 1.29 is 0 Å². The number of hydrogen-bond donors (Lipinski definition) is 0. The maximum atomic E-state index is 2.55. The maximum absolute atomic E-state index is 2.55. The Balaban J connectivity index is 2.04. The van der Waals surface area contributed by atoms with Gasteiger partial charge in [0.15, 0.2) is 0 Å². The van der Waals surface area contributed by atoms with Crippen LogP contribution in [0.15, 0.2) is 11.6 Å². The topological polar surface area (TPSA) is 0 Å². The van der Waals surface area contributed by atoms with Crippen LogP contribution in [0, 0.1) is 23.2 Å². The summed E-state index contributed by atoms with van der Waals surface area (Å²) in [4.78, 5) is 0. The van der Waals surface area contributed by atoms with Crippen LogP contribution < -0.4 is 0 Å². The molecule has 0 aromatic rings. The molecule has 0 aromatic carbocycles. The van der Waals surface area contributed by atoms with E-state index in [2.05, 4.69) is 33.8 Å². The van der Waals surface area contributed by atoms with Gasteiger partial charge in [-0.25, -0.2) is 0 Å². The Hall–Kier alpha value is -0.260. The summed E-state index contributed by atoms with van der Waals surface area (Å²) in [5.74, 6) is 2.87. The average Bonchev–Trinajstić information content (AvgIpc) is 2.29. The van der Waals surface area contributed by atoms with Crippen LogP contribution in [-0.2, 0) is 0 Å². The molecule has 17 heavy (non-hydrogen) atoms. The minimum atomic E-state index is 0.560. The smallest absolute Gasteiger partial charge is 0.0289 e. The van der Waals surface area contributed by atoms with Crippen molar-refractivity contribution in [1.82, 2.24) is 0 Å². The molecule has 0 nitrogen and oxygen atoms in total. The van der Waals surface area contributed by atoms with E-state index in [-0.39, 0.29) is 0 Å². The van der Waals surface area contributed by atoms with Crippen LogP contribution in [0.1, 0.15) is 72.6 Å². The van der Waals surface area contributed by atoms with Gasteiger partial charge in [-0.2, -0.15) is 0 Å². The van der Waals surface area contributed by atoms with Gasteiger partial charge in [0.2, 0.25) is 0 Å². The average molecular weight is 234 g/mol. The molecule has 3 atom stereocenters. The largest absolute Gasteiger partial charge is 0.0856 e. The fourth-order valence-corrected chi connectivity index (χ4v) is 4.18. The predicted molar refractivity (Wildman–Crippen MR) is 76.0 cm³/mol. The lowest BCUT2D eigenvalue weighted by Crippen LogP contribution is -2.36. The molecule has 0 amide bonds. The first-order valence-corrected chi connectivity index (χ1v) is 7.65. The van der Waals surface area contributed by atoms with E-state index in [9.17, 15) is 0 Å². The van der Waals surface area contributed by atoms with Crippen LogP contribution in [0.2, 0.25) is 0 Å². The first-order chi connectivity index (χ1) is 8.00. The van der Waals surface area contributed by atoms with Crippen molar-refractivity contribution >= 4 is 0 Å². The zero-order valence-corrected chi connectivity index (χ0v) is 12.3. The molecule has 0 radical (unpaired) electrons. The first kappa shape index (κ1) is 13.2. The molecule has 0 heterocycles. The summed E-state index contributed by atoms with van der Waals surface area (Å²) in [6.07, 6.45) is 12.5. The highest BCUT2D eigenvalue weighted by Gasteiger charge is 2.39. The maximum Gasteiger partial charge on any atom is -0.0289 e. The van der Waals surface area contributed by atoms with E-state index in [1.165, 1.54) is 44.9 Å². The standard InChI is InChI=1S/C17H30/c1-13-7-5-9-15(11-13)17(3,4)16-10-6-8-14(2)12-16/h7,14-16H,5-6,8-12H2,1-4H3. The van der Waals surface area contributed by atoms with E-state index in [0.717, 1.165) is 17.8 Å². The van der Waals surface area contributed by atoms with Crippen molar-refractivity contribution in [2.75, 3.05) is 0 Å². The molecule has 0 aromatic heterocycles. The lowest BCUT2D eigenvalue weighted by atomic mass is 9.60. The number of hydrogen-bond acceptors (Lipinski definition) is 0. The van der Waals surface area contributed by atoms with Gasteiger partial charge in [-0.05, 0) is 62.2 Å². The van der Waals surface area contributed by atoms with Crippen LogP contribution >= 0.6 is 0 Å². The summed E-state index contributed by atoms with van der Waals surface area (Å²) < 4.78 is 0. The zero-order valence-electron chi connectivity index (χ0n) is 12.3. The second kappa shape index (κ2) is 5.16. The number of allylic oxidation sites excluding steroid dienone is 2. The van der Waals surface area contributed by atoms with Gasteiger partial charge in [-0.3, -0.25) is 0 Å². The second-order valence-electron chi connectivity index (χ2n) is 7.32. The minimum Gasteiger partial charge on any atom is -0.0856 e. The number of rotatable bonds is 2. The van der Waals surface area contributed by atoms with Crippen LogP contribution in [0.25, 0.3) is 0 Å². The lowest BCUT2D eigenvalue weighted by molar-refractivity contribution is 0.0593. The fourth-order valence-electron chi connectivity index (χ4n) is 4.18. The van der Waals surface area contributed by atoms with Crippen LogP contribution in [-0.4, -0.2) is 0 Å². The summed E-state index contributed by atoms with van der Waals surface area (Å²) in [6.45, 7) is 9.89. The Morgan fingerprint density at radius 2 is 1.88 bits per heavy atom. The van der Waals surface area contributed by atoms with Crippen molar-refractivity contribution in [2.24, 2.45) is 23.2 Å². The molecule has 1 saturated carbocycles. The van der Waals surface area contributed by atoms with Crippen molar-refractivity contribution in [2.45, 2.75) is 72.6 Å². The van der Waals surface area contributed by atoms with Gasteiger partial charge < -0.3 is 0 Å². The molecular formula is C17H30. The van der Waals surface area contributed by atoms with Crippen molar-refractivity contribution in [1.29, 1.82) is 0 Å². The fraction of sp³-hybridized carbons (Fsp3) is 0.882. The Labute approximate surface area is 108 Å². The molecule has 2 aliphatic carbocycles. The van der Waals surface area contributed by atoms with Gasteiger partial charge in [0.25, 0.3) is 0 Å². The normalized spacial score (nSPS) is 35.5. The van der Waals surface area contributed by atoms with E-state index >= 15 is 0 Å². The molecule has 2 aliphatic rings. The quantitative estimate of drug-likeness (QED) is 0.547. The van der Waals surface area contributed by atoms with Crippen molar-refractivity contribution in [3.05, 3.63) is 11.6 Å². The highest BCUT2D eigenvalue weighted by atomic mass is 14.4. The Morgan fingerprint density at radius 1 is 1.12 bits per heavy atom. The molecule has 0 aliphatic heterocycles. The minimum absolute atomic E-state index is 0.560. The lowest BCUT2D eigenvalue weighted by Gasteiger charge is -2.45. The third kappa shape index (κ3) is 2.95. The molecule has 98 valence electrons. The van der Waals surface area contributed by atoms with Crippen LogP contribution in [0.5, 0.6) is 0 Å². The van der Waals surface area contributed by atoms with Gasteiger partial charge in [-0.15, -0.1) is 0 Å². The van der Waals surface area contributed by atoms with E-state index in [1.54, 1.807) is 5.57 Å². The molecule has 3 unspecified atom stereocenters. The van der Waals surface area contributed by atoms with E-state index < -0.39 is 0 Å². The monoisotopic (exact) mass is 234 g/mol. The zero-order chi connectivity index (χ0) is 12.5. The van der Waals surface area contributed by atoms with Gasteiger partial charge >= 0.3 is 0 Å². The highest BCUT2D eigenvalue weighted by molar-refractivity contribution is 5.06. The third-order valence-corrected chi connectivity index (χ3v) is 5.62. The molecule has 1 fully saturated rings. The summed E-state index contributed by atoms with van der Waals surface area (Å²) >= 11 is 0. The summed E-state index contributed by atoms with van der Waals surface area (Å²) in [6, 6.07) is 0. The van der Waals surface area contributed by atoms with Gasteiger partial charge in [0.05, 0.1) is 0 Å². The first-order valence-electron chi connectivity index (χ1n) is 7.65. The van der Waals surface area contributed by atoms with Gasteiger partial charge in [0, 0.05) is 0 Å². The third-order valence-electron chi connectivity index (χ3n) is 5.62. The highest BCUT2D eigenvalue weighted by Crippen LogP contribution is 2.49. The Kier molecular flexibility index (Phi) is 4.00. The van der Waals surface area contributed by atoms with Crippen LogP contribution in [0.3, 0.4) is 0 Å². The van der Waals surface area contributed by atoms with E-state index in [4.69, 9.17) is 0 Å². The Morgan fingerprint density at radius 3 is 2.53 bits per heavy atom. The molecule has 0 spiro atoms. The van der Waals surface area contributed by atoms with Gasteiger partial charge in [-0.1, -0.05) is 45.3 Å². The van der Waals surface area contributed by atoms with Crippen molar-refractivity contribution in [3.8, 4) is 0 Å². The van der Waals surface area contributed by atoms with Gasteiger partial charge in [0.1, 0.15) is 0 Å². The second-order valence-corrected chi connectivity index (χ2v) is 7.32. The molecule has 0 heteroatoms. The van der Waals surface area contributed by atoms with E-state index in [0.29, 0.717) is 5.41 Å². The summed E-state index contributed by atoms with van der Waals surface area (Å²) in [5, 5.41) is 0. The molecule has 0 bridgehead atoms. The predicted octanol–water partition coefficient (Wildman–Crippen LogP) is 5.59. The molecule has 0 saturated heterocycles. The molecular weight excluding hydrogens is 204 g/mol. The van der Waals surface area contributed by atoms with Crippen molar-refractivity contribution in [3.63, 3.8) is 0 Å². The molecule has 0 N–H and O–H groups in total. The SMILES string of the molecule is CC1=CCCC(C(C)(C)C2CCCC(C)C2)C1. The summed E-state index contributed by atoms with van der Waals surface area (Å²) in [7, 11) is 0. The van der Waals surface area contributed by atoms with Crippen LogP contribution in [0.4, 0.5) is 0 Å².